The number of rotatable bonds is 2. The van der Waals surface area contributed by atoms with Crippen LogP contribution in [0.1, 0.15) is 16.4 Å². The van der Waals surface area contributed by atoms with E-state index in [1.807, 2.05) is 24.3 Å². The molecule has 2 heterocycles. The number of fused-ring (bicyclic) bond motifs is 3. The Labute approximate surface area is 146 Å². The number of benzene rings is 2. The van der Waals surface area contributed by atoms with Crippen molar-refractivity contribution in [1.82, 2.24) is 0 Å². The number of para-hydroxylation sites is 1. The molecule has 1 unspecified atom stereocenters. The molecule has 0 spiro atoms. The van der Waals surface area contributed by atoms with E-state index >= 15 is 0 Å². The summed E-state index contributed by atoms with van der Waals surface area (Å²) in [5, 5.41) is 21.9. The number of nitrogens with zero attached hydrogens (tertiary/aromatic N) is 2. The van der Waals surface area contributed by atoms with Crippen molar-refractivity contribution in [3.8, 4) is 11.8 Å². The van der Waals surface area contributed by atoms with E-state index in [-0.39, 0.29) is 17.1 Å². The molecule has 1 aromatic heterocycles. The quantitative estimate of drug-likeness (QED) is 0.556. The second-order valence-corrected chi connectivity index (χ2v) is 6.62. The van der Waals surface area contributed by atoms with E-state index in [0.717, 1.165) is 15.0 Å². The third kappa shape index (κ3) is 2.23. The fourth-order valence-corrected chi connectivity index (χ4v) is 4.35. The molecule has 1 aliphatic heterocycles. The number of hydrogen-bond acceptors (Lipinski definition) is 6. The van der Waals surface area contributed by atoms with Crippen LogP contribution in [0.3, 0.4) is 0 Å². The Bertz CT molecular complexity index is 1090. The van der Waals surface area contributed by atoms with Gasteiger partial charge < -0.3 is 10.5 Å². The maximum Gasteiger partial charge on any atom is 0.273 e. The van der Waals surface area contributed by atoms with Crippen molar-refractivity contribution < 1.29 is 9.66 Å². The molecule has 2 N–H and O–H groups in total. The molecule has 3 aromatic rings. The standard InChI is InChI=1S/C18H11N3O3S/c19-9-12-15(10-5-1-3-7-13(10)21(22)23)17-16(24-18(12)20)11-6-2-4-8-14(11)25-17/h1-8,15H,20H2. The normalized spacial score (nSPS) is 16.2. The van der Waals surface area contributed by atoms with Crippen molar-refractivity contribution in [3.63, 3.8) is 0 Å². The molecule has 0 bridgehead atoms. The second kappa shape index (κ2) is 5.61. The Morgan fingerprint density at radius 2 is 1.92 bits per heavy atom. The van der Waals surface area contributed by atoms with Crippen LogP contribution in [0.2, 0.25) is 0 Å². The van der Waals surface area contributed by atoms with Crippen LogP contribution in [0, 0.1) is 21.4 Å². The minimum absolute atomic E-state index is 0.0123. The molecular weight excluding hydrogens is 338 g/mol. The maximum absolute atomic E-state index is 11.5. The fraction of sp³-hybridized carbons (Fsp3) is 0.0556. The number of nitriles is 1. The van der Waals surface area contributed by atoms with E-state index in [1.54, 1.807) is 18.2 Å². The number of thiophene rings is 1. The van der Waals surface area contributed by atoms with Crippen LogP contribution in [0.15, 0.2) is 60.0 Å². The molecule has 4 rings (SSSR count). The molecule has 0 fully saturated rings. The zero-order valence-electron chi connectivity index (χ0n) is 12.8. The van der Waals surface area contributed by atoms with Crippen molar-refractivity contribution in [3.05, 3.63) is 80.5 Å². The summed E-state index contributed by atoms with van der Waals surface area (Å²) in [5.74, 6) is -0.0605. The SMILES string of the molecule is N#CC1=C(N)Oc2c(sc3ccccc23)C1c1ccccc1[N+](=O)[O-]. The smallest absolute Gasteiger partial charge is 0.273 e. The monoisotopic (exact) mass is 349 g/mol. The van der Waals surface area contributed by atoms with Gasteiger partial charge in [-0.1, -0.05) is 30.3 Å². The maximum atomic E-state index is 11.5. The highest BCUT2D eigenvalue weighted by atomic mass is 32.1. The molecule has 1 atom stereocenters. The first kappa shape index (κ1) is 15.2. The molecule has 0 saturated carbocycles. The number of nitrogens with two attached hydrogens (primary N) is 1. The van der Waals surface area contributed by atoms with Gasteiger partial charge in [-0.15, -0.1) is 11.3 Å². The van der Waals surface area contributed by atoms with Crippen LogP contribution >= 0.6 is 11.3 Å². The van der Waals surface area contributed by atoms with Gasteiger partial charge in [0.15, 0.2) is 5.75 Å². The first-order valence-corrected chi connectivity index (χ1v) is 8.25. The lowest BCUT2D eigenvalue weighted by atomic mass is 9.87. The lowest BCUT2D eigenvalue weighted by Crippen LogP contribution is -2.20. The highest BCUT2D eigenvalue weighted by Crippen LogP contribution is 2.51. The first-order valence-electron chi connectivity index (χ1n) is 7.44. The zero-order chi connectivity index (χ0) is 17.6. The van der Waals surface area contributed by atoms with E-state index in [9.17, 15) is 15.4 Å². The molecular formula is C18H11N3O3S. The molecule has 6 nitrogen and oxygen atoms in total. The molecule has 7 heteroatoms. The van der Waals surface area contributed by atoms with Crippen LogP contribution in [0.25, 0.3) is 10.1 Å². The topological polar surface area (TPSA) is 102 Å². The number of hydrogen-bond donors (Lipinski definition) is 1. The van der Waals surface area contributed by atoms with Crippen molar-refractivity contribution in [2.45, 2.75) is 5.92 Å². The van der Waals surface area contributed by atoms with E-state index in [1.165, 1.54) is 17.4 Å². The van der Waals surface area contributed by atoms with Gasteiger partial charge in [0.05, 0.1) is 15.7 Å². The van der Waals surface area contributed by atoms with Crippen LogP contribution in [-0.4, -0.2) is 4.92 Å². The molecule has 2 aromatic carbocycles. The summed E-state index contributed by atoms with van der Waals surface area (Å²) in [6, 6.07) is 16.1. The van der Waals surface area contributed by atoms with Gasteiger partial charge in [0, 0.05) is 21.7 Å². The van der Waals surface area contributed by atoms with E-state index in [4.69, 9.17) is 10.5 Å². The molecule has 0 saturated heterocycles. The number of nitro benzene ring substituents is 1. The first-order chi connectivity index (χ1) is 12.1. The van der Waals surface area contributed by atoms with Gasteiger partial charge in [-0.25, -0.2) is 0 Å². The minimum atomic E-state index is -0.618. The van der Waals surface area contributed by atoms with Gasteiger partial charge in [-0.05, 0) is 12.1 Å². The molecule has 25 heavy (non-hydrogen) atoms. The van der Waals surface area contributed by atoms with Crippen molar-refractivity contribution in [2.75, 3.05) is 0 Å². The third-order valence-electron chi connectivity index (χ3n) is 4.17. The predicted molar refractivity (Wildman–Crippen MR) is 94.2 cm³/mol. The van der Waals surface area contributed by atoms with Crippen LogP contribution in [0.4, 0.5) is 5.69 Å². The Balaban J connectivity index is 2.05. The minimum Gasteiger partial charge on any atom is -0.439 e. The zero-order valence-corrected chi connectivity index (χ0v) is 13.6. The van der Waals surface area contributed by atoms with Crippen molar-refractivity contribution in [2.24, 2.45) is 5.73 Å². The molecule has 0 radical (unpaired) electrons. The third-order valence-corrected chi connectivity index (χ3v) is 5.39. The average molecular weight is 349 g/mol. The van der Waals surface area contributed by atoms with Gasteiger partial charge in [0.25, 0.3) is 5.69 Å². The van der Waals surface area contributed by atoms with Gasteiger partial charge in [-0.3, -0.25) is 10.1 Å². The lowest BCUT2D eigenvalue weighted by Gasteiger charge is -2.23. The fourth-order valence-electron chi connectivity index (χ4n) is 3.09. The summed E-state index contributed by atoms with van der Waals surface area (Å²) in [6.45, 7) is 0. The summed E-state index contributed by atoms with van der Waals surface area (Å²) < 4.78 is 6.69. The Morgan fingerprint density at radius 1 is 1.20 bits per heavy atom. The average Bonchev–Trinajstić information content (AvgIpc) is 2.98. The van der Waals surface area contributed by atoms with Gasteiger partial charge in [-0.2, -0.15) is 5.26 Å². The van der Waals surface area contributed by atoms with Crippen LogP contribution < -0.4 is 10.5 Å². The Kier molecular flexibility index (Phi) is 3.41. The van der Waals surface area contributed by atoms with Crippen LogP contribution in [0.5, 0.6) is 5.75 Å². The number of nitro groups is 1. The Morgan fingerprint density at radius 3 is 2.68 bits per heavy atom. The summed E-state index contributed by atoms with van der Waals surface area (Å²) in [6.07, 6.45) is 0. The van der Waals surface area contributed by atoms with Gasteiger partial charge in [0.2, 0.25) is 5.88 Å². The second-order valence-electron chi connectivity index (χ2n) is 5.53. The number of allylic oxidation sites excluding steroid dienone is 1. The highest BCUT2D eigenvalue weighted by molar-refractivity contribution is 7.19. The van der Waals surface area contributed by atoms with Crippen molar-refractivity contribution >= 4 is 27.1 Å². The molecule has 0 aliphatic carbocycles. The summed E-state index contributed by atoms with van der Waals surface area (Å²) in [7, 11) is 0. The van der Waals surface area contributed by atoms with E-state index in [0.29, 0.717) is 11.3 Å². The van der Waals surface area contributed by atoms with Crippen molar-refractivity contribution in [1.29, 1.82) is 5.26 Å². The largest absolute Gasteiger partial charge is 0.439 e. The predicted octanol–water partition coefficient (Wildman–Crippen LogP) is 4.03. The highest BCUT2D eigenvalue weighted by Gasteiger charge is 2.37. The molecule has 1 aliphatic rings. The van der Waals surface area contributed by atoms with Crippen LogP contribution in [-0.2, 0) is 0 Å². The Hall–Kier alpha value is -3.37. The summed E-state index contributed by atoms with van der Waals surface area (Å²) in [5.41, 5.74) is 6.56. The molecule has 122 valence electrons. The lowest BCUT2D eigenvalue weighted by molar-refractivity contribution is -0.385. The van der Waals surface area contributed by atoms with Gasteiger partial charge >= 0.3 is 0 Å². The van der Waals surface area contributed by atoms with Gasteiger partial charge in [0.1, 0.15) is 11.6 Å². The molecule has 0 amide bonds. The number of ether oxygens (including phenoxy) is 1. The van der Waals surface area contributed by atoms with E-state index in [2.05, 4.69) is 6.07 Å². The summed E-state index contributed by atoms with van der Waals surface area (Å²) in [4.78, 5) is 11.8. The summed E-state index contributed by atoms with van der Waals surface area (Å²) >= 11 is 1.46. The van der Waals surface area contributed by atoms with E-state index < -0.39 is 10.8 Å².